The lowest BCUT2D eigenvalue weighted by Crippen LogP contribution is -2.14. The first-order valence-electron chi connectivity index (χ1n) is 3.93. The van der Waals surface area contributed by atoms with Gasteiger partial charge in [0.15, 0.2) is 0 Å². The summed E-state index contributed by atoms with van der Waals surface area (Å²) in [7, 11) is 0. The molecule has 0 aliphatic rings. The average molecular weight is 156 g/mol. The molecule has 11 heavy (non-hydrogen) atoms. The Balaban J connectivity index is 4.03. The molecule has 0 aliphatic heterocycles. The number of allylic oxidation sites excluding steroid dienone is 1. The van der Waals surface area contributed by atoms with Crippen LogP contribution in [0.1, 0.15) is 27.2 Å². The molecule has 0 aromatic carbocycles. The van der Waals surface area contributed by atoms with Gasteiger partial charge >= 0.3 is 0 Å². The summed E-state index contributed by atoms with van der Waals surface area (Å²) in [6.45, 7) is 5.57. The summed E-state index contributed by atoms with van der Waals surface area (Å²) in [4.78, 5) is 10.2. The Morgan fingerprint density at radius 1 is 1.64 bits per heavy atom. The third kappa shape index (κ3) is 3.94. The van der Waals surface area contributed by atoms with Crippen LogP contribution in [0.15, 0.2) is 11.6 Å². The zero-order valence-corrected chi connectivity index (χ0v) is 7.37. The van der Waals surface area contributed by atoms with Crippen LogP contribution < -0.4 is 0 Å². The second-order valence-corrected chi connectivity index (χ2v) is 2.86. The lowest BCUT2D eigenvalue weighted by atomic mass is 10.0. The van der Waals surface area contributed by atoms with Gasteiger partial charge in [-0.25, -0.2) is 0 Å². The van der Waals surface area contributed by atoms with E-state index in [1.54, 1.807) is 13.0 Å². The Morgan fingerprint density at radius 3 is 2.55 bits per heavy atom. The van der Waals surface area contributed by atoms with E-state index in [1.807, 2.05) is 13.8 Å². The topological polar surface area (TPSA) is 37.3 Å². The van der Waals surface area contributed by atoms with E-state index in [2.05, 4.69) is 0 Å². The SMILES string of the molecule is CC[C@@H](O)[C@@H](C)/C=C(\C)C=O. The number of aliphatic hydroxyl groups excluding tert-OH is 1. The van der Waals surface area contributed by atoms with Gasteiger partial charge in [0.1, 0.15) is 6.29 Å². The van der Waals surface area contributed by atoms with Crippen molar-refractivity contribution in [2.45, 2.75) is 33.3 Å². The molecular formula is C9H16O2. The van der Waals surface area contributed by atoms with Gasteiger partial charge in [0, 0.05) is 5.92 Å². The van der Waals surface area contributed by atoms with E-state index in [9.17, 15) is 9.90 Å². The largest absolute Gasteiger partial charge is 0.393 e. The average Bonchev–Trinajstić information content (AvgIpc) is 2.02. The van der Waals surface area contributed by atoms with Crippen molar-refractivity contribution in [3.05, 3.63) is 11.6 Å². The normalized spacial score (nSPS) is 17.6. The number of rotatable bonds is 4. The molecule has 0 radical (unpaired) electrons. The van der Waals surface area contributed by atoms with Gasteiger partial charge in [-0.1, -0.05) is 19.9 Å². The van der Waals surface area contributed by atoms with Crippen LogP contribution in [0.4, 0.5) is 0 Å². The summed E-state index contributed by atoms with van der Waals surface area (Å²) in [5, 5.41) is 9.31. The second-order valence-electron chi connectivity index (χ2n) is 2.86. The number of carbonyl (C=O) groups is 1. The minimum absolute atomic E-state index is 0.0743. The predicted octanol–water partition coefficient (Wildman–Crippen LogP) is 1.54. The molecule has 0 aromatic heterocycles. The molecule has 0 rings (SSSR count). The molecule has 0 amide bonds. The number of hydrogen-bond donors (Lipinski definition) is 1. The Hall–Kier alpha value is -0.630. The van der Waals surface area contributed by atoms with Crippen molar-refractivity contribution in [2.24, 2.45) is 5.92 Å². The summed E-state index contributed by atoms with van der Waals surface area (Å²) in [6.07, 6.45) is 2.99. The Kier molecular flexibility index (Phi) is 4.79. The van der Waals surface area contributed by atoms with E-state index in [-0.39, 0.29) is 12.0 Å². The molecule has 0 heterocycles. The molecule has 64 valence electrons. The fraction of sp³-hybridized carbons (Fsp3) is 0.667. The van der Waals surface area contributed by atoms with Gasteiger partial charge < -0.3 is 5.11 Å². The van der Waals surface area contributed by atoms with Crippen LogP contribution >= 0.6 is 0 Å². The van der Waals surface area contributed by atoms with Crippen LogP contribution in [0.25, 0.3) is 0 Å². The molecule has 0 unspecified atom stereocenters. The van der Waals surface area contributed by atoms with Crippen molar-refractivity contribution < 1.29 is 9.90 Å². The van der Waals surface area contributed by atoms with Gasteiger partial charge in [-0.3, -0.25) is 4.79 Å². The van der Waals surface area contributed by atoms with Gasteiger partial charge in [0.05, 0.1) is 6.10 Å². The molecule has 0 bridgehead atoms. The molecule has 0 fully saturated rings. The molecule has 0 spiro atoms. The Labute approximate surface area is 67.9 Å². The van der Waals surface area contributed by atoms with Crippen LogP contribution in [-0.4, -0.2) is 17.5 Å². The fourth-order valence-corrected chi connectivity index (χ4v) is 0.937. The second kappa shape index (κ2) is 5.08. The van der Waals surface area contributed by atoms with Crippen LogP contribution in [0, 0.1) is 5.92 Å². The molecule has 0 saturated carbocycles. The number of aldehydes is 1. The highest BCUT2D eigenvalue weighted by Crippen LogP contribution is 2.09. The first-order valence-corrected chi connectivity index (χ1v) is 3.93. The smallest absolute Gasteiger partial charge is 0.145 e. The first kappa shape index (κ1) is 10.4. The molecule has 2 heteroatoms. The van der Waals surface area contributed by atoms with E-state index in [1.165, 1.54) is 0 Å². The Morgan fingerprint density at radius 2 is 2.18 bits per heavy atom. The van der Waals surface area contributed by atoms with E-state index >= 15 is 0 Å². The maximum Gasteiger partial charge on any atom is 0.145 e. The van der Waals surface area contributed by atoms with Crippen molar-refractivity contribution in [3.8, 4) is 0 Å². The van der Waals surface area contributed by atoms with Crippen molar-refractivity contribution in [2.75, 3.05) is 0 Å². The monoisotopic (exact) mass is 156 g/mol. The summed E-state index contributed by atoms with van der Waals surface area (Å²) < 4.78 is 0. The number of hydrogen-bond acceptors (Lipinski definition) is 2. The summed E-state index contributed by atoms with van der Waals surface area (Å²) in [5.41, 5.74) is 0.685. The van der Waals surface area contributed by atoms with Crippen molar-refractivity contribution in [1.29, 1.82) is 0 Å². The molecule has 2 nitrogen and oxygen atoms in total. The van der Waals surface area contributed by atoms with Gasteiger partial charge in [-0.2, -0.15) is 0 Å². The van der Waals surface area contributed by atoms with Gasteiger partial charge in [-0.15, -0.1) is 0 Å². The van der Waals surface area contributed by atoms with Crippen molar-refractivity contribution >= 4 is 6.29 Å². The molecule has 0 aromatic rings. The minimum atomic E-state index is -0.329. The zero-order valence-electron chi connectivity index (χ0n) is 7.37. The lowest BCUT2D eigenvalue weighted by Gasteiger charge is -2.12. The summed E-state index contributed by atoms with van der Waals surface area (Å²) in [5.74, 6) is 0.0743. The quantitative estimate of drug-likeness (QED) is 0.495. The van der Waals surface area contributed by atoms with Crippen molar-refractivity contribution in [3.63, 3.8) is 0 Å². The van der Waals surface area contributed by atoms with Gasteiger partial charge in [0.2, 0.25) is 0 Å². The fourth-order valence-electron chi connectivity index (χ4n) is 0.937. The van der Waals surface area contributed by atoms with Crippen LogP contribution in [0.2, 0.25) is 0 Å². The van der Waals surface area contributed by atoms with Gasteiger partial charge in [-0.05, 0) is 18.9 Å². The zero-order chi connectivity index (χ0) is 8.85. The molecule has 2 atom stereocenters. The van der Waals surface area contributed by atoms with E-state index in [0.717, 1.165) is 12.7 Å². The lowest BCUT2D eigenvalue weighted by molar-refractivity contribution is -0.104. The number of aliphatic hydroxyl groups is 1. The van der Waals surface area contributed by atoms with E-state index < -0.39 is 0 Å². The maximum atomic E-state index is 10.2. The summed E-state index contributed by atoms with van der Waals surface area (Å²) >= 11 is 0. The van der Waals surface area contributed by atoms with Crippen molar-refractivity contribution in [1.82, 2.24) is 0 Å². The van der Waals surface area contributed by atoms with Crippen LogP contribution in [-0.2, 0) is 4.79 Å². The maximum absolute atomic E-state index is 10.2. The minimum Gasteiger partial charge on any atom is -0.393 e. The first-order chi connectivity index (χ1) is 5.11. The van der Waals surface area contributed by atoms with Crippen LogP contribution in [0.3, 0.4) is 0 Å². The van der Waals surface area contributed by atoms with E-state index in [0.29, 0.717) is 5.57 Å². The molecule has 0 saturated heterocycles. The molecule has 0 aliphatic carbocycles. The highest BCUT2D eigenvalue weighted by atomic mass is 16.3. The third-order valence-corrected chi connectivity index (χ3v) is 1.74. The molecular weight excluding hydrogens is 140 g/mol. The van der Waals surface area contributed by atoms with E-state index in [4.69, 9.17) is 0 Å². The van der Waals surface area contributed by atoms with Gasteiger partial charge in [0.25, 0.3) is 0 Å². The third-order valence-electron chi connectivity index (χ3n) is 1.74. The Bertz CT molecular complexity index is 150. The van der Waals surface area contributed by atoms with Crippen LogP contribution in [0.5, 0.6) is 0 Å². The summed E-state index contributed by atoms with van der Waals surface area (Å²) in [6, 6.07) is 0. The standard InChI is InChI=1S/C9H16O2/c1-4-9(11)8(3)5-7(2)6-10/h5-6,8-9,11H,4H2,1-3H3/b7-5+/t8-,9+/m0/s1. The highest BCUT2D eigenvalue weighted by molar-refractivity contribution is 5.72. The predicted molar refractivity (Wildman–Crippen MR) is 45.3 cm³/mol. The number of carbonyl (C=O) groups excluding carboxylic acids is 1. The molecule has 1 N–H and O–H groups in total. The highest BCUT2D eigenvalue weighted by Gasteiger charge is 2.08.